The number of nitrogens with zero attached hydrogens (tertiary/aromatic N) is 5. The molecule has 0 spiro atoms. The van der Waals surface area contributed by atoms with Gasteiger partial charge in [0.15, 0.2) is 5.96 Å². The first-order valence-corrected chi connectivity index (χ1v) is 9.95. The monoisotopic (exact) mass is 404 g/mol. The fourth-order valence-corrected chi connectivity index (χ4v) is 3.99. The molecule has 3 unspecified atom stereocenters. The van der Waals surface area contributed by atoms with Crippen molar-refractivity contribution in [1.29, 1.82) is 0 Å². The highest BCUT2D eigenvalue weighted by Gasteiger charge is 2.30. The van der Waals surface area contributed by atoms with Crippen LogP contribution in [0.2, 0.25) is 0 Å². The number of aromatic nitrogens is 2. The minimum Gasteiger partial charge on any atom is -0.354 e. The molecular weight excluding hydrogens is 374 g/mol. The van der Waals surface area contributed by atoms with Gasteiger partial charge in [-0.2, -0.15) is 0 Å². The Balaban J connectivity index is 1.72. The van der Waals surface area contributed by atoms with Crippen LogP contribution in [-0.4, -0.2) is 66.1 Å². The van der Waals surface area contributed by atoms with Crippen molar-refractivity contribution in [2.75, 3.05) is 40.8 Å². The quantitative estimate of drug-likeness (QED) is 0.615. The third-order valence-electron chi connectivity index (χ3n) is 5.75. The predicted octanol–water partition coefficient (Wildman–Crippen LogP) is 2.92. The highest BCUT2D eigenvalue weighted by atomic mass is 19.1. The van der Waals surface area contributed by atoms with Crippen LogP contribution < -0.4 is 5.32 Å². The van der Waals surface area contributed by atoms with Crippen molar-refractivity contribution in [3.05, 3.63) is 54.1 Å². The summed E-state index contributed by atoms with van der Waals surface area (Å²) in [5, 5.41) is 3.33. The average molecular weight is 405 g/mol. The Hall–Kier alpha value is -2.48. The topological polar surface area (TPSA) is 48.7 Å². The summed E-state index contributed by atoms with van der Waals surface area (Å²) < 4.78 is 30.8. The maximum absolute atomic E-state index is 14.3. The largest absolute Gasteiger partial charge is 0.354 e. The van der Waals surface area contributed by atoms with Crippen molar-refractivity contribution in [2.45, 2.75) is 25.4 Å². The Morgan fingerprint density at radius 2 is 2.07 bits per heavy atom. The van der Waals surface area contributed by atoms with Crippen molar-refractivity contribution in [1.82, 2.24) is 24.7 Å². The molecule has 1 aliphatic heterocycles. The maximum Gasteiger partial charge on any atom is 0.193 e. The molecule has 29 heavy (non-hydrogen) atoms. The lowest BCUT2D eigenvalue weighted by molar-refractivity contribution is 0.187. The average Bonchev–Trinajstić information content (AvgIpc) is 3.22. The summed E-state index contributed by atoms with van der Waals surface area (Å²) in [7, 11) is 5.37. The van der Waals surface area contributed by atoms with E-state index in [2.05, 4.69) is 31.7 Å². The van der Waals surface area contributed by atoms with Crippen LogP contribution in [0.3, 0.4) is 0 Å². The van der Waals surface area contributed by atoms with E-state index in [9.17, 15) is 8.78 Å². The van der Waals surface area contributed by atoms with Gasteiger partial charge in [-0.05, 0) is 38.6 Å². The van der Waals surface area contributed by atoms with Crippen LogP contribution in [0.4, 0.5) is 8.78 Å². The molecule has 3 atom stereocenters. The lowest BCUT2D eigenvalue weighted by Gasteiger charge is -2.39. The van der Waals surface area contributed by atoms with Gasteiger partial charge in [0.1, 0.15) is 11.6 Å². The van der Waals surface area contributed by atoms with E-state index in [-0.39, 0.29) is 5.56 Å². The van der Waals surface area contributed by atoms with Crippen LogP contribution in [0.1, 0.15) is 31.0 Å². The zero-order chi connectivity index (χ0) is 21.0. The zero-order valence-corrected chi connectivity index (χ0v) is 17.5. The molecular formula is C21H30F2N6. The van der Waals surface area contributed by atoms with Gasteiger partial charge in [0.05, 0.1) is 18.4 Å². The molecule has 1 fully saturated rings. The Bertz CT molecular complexity index is 800. The number of piperidine rings is 1. The van der Waals surface area contributed by atoms with E-state index in [4.69, 9.17) is 0 Å². The van der Waals surface area contributed by atoms with Crippen molar-refractivity contribution in [3.8, 4) is 0 Å². The molecule has 1 saturated heterocycles. The molecule has 6 nitrogen and oxygen atoms in total. The molecule has 0 amide bonds. The molecule has 2 aromatic rings. The second-order valence-electron chi connectivity index (χ2n) is 7.83. The normalized spacial score (nSPS) is 21.5. The SMILES string of the molecule is CN=C(NCC(c1c(F)cccc1F)N(C)C)N1CCC(C)C(n2ccnc2)C1. The number of aliphatic imine (C=N–C) groups is 1. The third-order valence-corrected chi connectivity index (χ3v) is 5.75. The smallest absolute Gasteiger partial charge is 0.193 e. The van der Waals surface area contributed by atoms with Crippen LogP contribution in [0.25, 0.3) is 0 Å². The summed E-state index contributed by atoms with van der Waals surface area (Å²) in [6.07, 6.45) is 6.67. The van der Waals surface area contributed by atoms with Gasteiger partial charge in [-0.25, -0.2) is 13.8 Å². The van der Waals surface area contributed by atoms with Crippen molar-refractivity contribution in [2.24, 2.45) is 10.9 Å². The van der Waals surface area contributed by atoms with Gasteiger partial charge in [-0.1, -0.05) is 13.0 Å². The maximum atomic E-state index is 14.3. The summed E-state index contributed by atoms with van der Waals surface area (Å²) in [5.74, 6) is 0.200. The van der Waals surface area contributed by atoms with Crippen molar-refractivity contribution < 1.29 is 8.78 Å². The van der Waals surface area contributed by atoms with E-state index < -0.39 is 17.7 Å². The number of hydrogen-bond acceptors (Lipinski definition) is 3. The highest BCUT2D eigenvalue weighted by Crippen LogP contribution is 2.28. The van der Waals surface area contributed by atoms with Gasteiger partial charge < -0.3 is 19.7 Å². The molecule has 0 radical (unpaired) electrons. The summed E-state index contributed by atoms with van der Waals surface area (Å²) in [6.45, 7) is 4.28. The van der Waals surface area contributed by atoms with E-state index in [0.717, 1.165) is 25.5 Å². The molecule has 2 heterocycles. The Labute approximate surface area is 171 Å². The van der Waals surface area contributed by atoms with E-state index in [1.165, 1.54) is 18.2 Å². The Kier molecular flexibility index (Phi) is 6.84. The lowest BCUT2D eigenvalue weighted by Crippen LogP contribution is -2.50. The third kappa shape index (κ3) is 4.75. The summed E-state index contributed by atoms with van der Waals surface area (Å²) in [6, 6.07) is 3.83. The van der Waals surface area contributed by atoms with Gasteiger partial charge in [-0.15, -0.1) is 0 Å². The first-order valence-electron chi connectivity index (χ1n) is 9.95. The molecule has 1 N–H and O–H groups in total. The van der Waals surface area contributed by atoms with Gasteiger partial charge >= 0.3 is 0 Å². The fraction of sp³-hybridized carbons (Fsp3) is 0.524. The Morgan fingerprint density at radius 3 is 2.66 bits per heavy atom. The number of benzene rings is 1. The second kappa shape index (κ2) is 9.35. The molecule has 0 aliphatic carbocycles. The summed E-state index contributed by atoms with van der Waals surface area (Å²) >= 11 is 0. The molecule has 0 bridgehead atoms. The Morgan fingerprint density at radius 1 is 1.34 bits per heavy atom. The summed E-state index contributed by atoms with van der Waals surface area (Å²) in [5.41, 5.74) is 0.0732. The van der Waals surface area contributed by atoms with Crippen LogP contribution in [0.5, 0.6) is 0 Å². The first-order chi connectivity index (χ1) is 13.9. The molecule has 0 saturated carbocycles. The van der Waals surface area contributed by atoms with Crippen molar-refractivity contribution in [3.63, 3.8) is 0 Å². The standard InChI is InChI=1S/C21H30F2N6/c1-15-8-10-28(13-19(15)29-11-9-25-14-29)21(24-2)26-12-18(27(3)4)20-16(22)6-5-7-17(20)23/h5-7,9,11,14-15,18-19H,8,10,12-13H2,1-4H3,(H,24,26). The fourth-order valence-electron chi connectivity index (χ4n) is 3.99. The van der Waals surface area contributed by atoms with Crippen molar-refractivity contribution >= 4 is 5.96 Å². The van der Waals surface area contributed by atoms with E-state index in [1.807, 2.05) is 31.5 Å². The molecule has 1 aromatic carbocycles. The molecule has 3 rings (SSSR count). The highest BCUT2D eigenvalue weighted by molar-refractivity contribution is 5.80. The van der Waals surface area contributed by atoms with Crippen LogP contribution in [0.15, 0.2) is 41.9 Å². The molecule has 1 aromatic heterocycles. The van der Waals surface area contributed by atoms with E-state index in [1.54, 1.807) is 13.2 Å². The number of hydrogen-bond donors (Lipinski definition) is 1. The molecule has 1 aliphatic rings. The second-order valence-corrected chi connectivity index (χ2v) is 7.83. The van der Waals surface area contributed by atoms with E-state index >= 15 is 0 Å². The lowest BCUT2D eigenvalue weighted by atomic mass is 9.93. The van der Waals surface area contributed by atoms with Gasteiger partial charge in [0.2, 0.25) is 0 Å². The van der Waals surface area contributed by atoms with Crippen LogP contribution in [-0.2, 0) is 0 Å². The van der Waals surface area contributed by atoms with Crippen LogP contribution in [0, 0.1) is 17.6 Å². The van der Waals surface area contributed by atoms with Gasteiger partial charge in [0, 0.05) is 44.6 Å². The minimum atomic E-state index is -0.535. The number of nitrogens with one attached hydrogen (secondary N) is 1. The molecule has 8 heteroatoms. The first kappa shape index (κ1) is 21.2. The minimum absolute atomic E-state index is 0.0732. The van der Waals surface area contributed by atoms with Gasteiger partial charge in [-0.3, -0.25) is 4.99 Å². The predicted molar refractivity (Wildman–Crippen MR) is 111 cm³/mol. The number of likely N-dealkylation sites (tertiary alicyclic amines) is 1. The number of rotatable bonds is 5. The molecule has 158 valence electrons. The van der Waals surface area contributed by atoms with E-state index in [0.29, 0.717) is 18.5 Å². The number of imidazole rings is 1. The number of halogens is 2. The summed E-state index contributed by atoms with van der Waals surface area (Å²) in [4.78, 5) is 12.6. The number of guanidine groups is 1. The van der Waals surface area contributed by atoms with Gasteiger partial charge in [0.25, 0.3) is 0 Å². The van der Waals surface area contributed by atoms with Crippen LogP contribution >= 0.6 is 0 Å². The zero-order valence-electron chi connectivity index (χ0n) is 17.5. The number of likely N-dealkylation sites (N-methyl/N-ethyl adjacent to an activating group) is 1.